The number of sulfonamides is 1. The van der Waals surface area contributed by atoms with Gasteiger partial charge >= 0.3 is 0 Å². The first-order chi connectivity index (χ1) is 11.9. The van der Waals surface area contributed by atoms with Gasteiger partial charge in [-0.2, -0.15) is 4.31 Å². The smallest absolute Gasteiger partial charge is 0.246 e. The van der Waals surface area contributed by atoms with E-state index in [0.717, 1.165) is 4.90 Å². The summed E-state index contributed by atoms with van der Waals surface area (Å²) in [7, 11) is -3.75. The molecule has 0 atom stereocenters. The maximum absolute atomic E-state index is 13.8. The van der Waals surface area contributed by atoms with Gasteiger partial charge in [-0.3, -0.25) is 0 Å². The summed E-state index contributed by atoms with van der Waals surface area (Å²) in [5.41, 5.74) is 0.642. The zero-order valence-corrected chi connectivity index (χ0v) is 15.7. The lowest BCUT2D eigenvalue weighted by Gasteiger charge is -2.32. The van der Waals surface area contributed by atoms with Crippen molar-refractivity contribution in [1.82, 2.24) is 4.31 Å². The van der Waals surface area contributed by atoms with Crippen molar-refractivity contribution in [3.8, 4) is 0 Å². The van der Waals surface area contributed by atoms with Crippen LogP contribution in [0.5, 0.6) is 0 Å². The number of piperazine rings is 1. The van der Waals surface area contributed by atoms with Crippen LogP contribution in [0.25, 0.3) is 0 Å². The minimum atomic E-state index is -3.75. The summed E-state index contributed by atoms with van der Waals surface area (Å²) in [5, 5.41) is 0.238. The molecule has 0 aliphatic carbocycles. The van der Waals surface area contributed by atoms with Crippen molar-refractivity contribution in [2.45, 2.75) is 11.4 Å². The average molecular weight is 404 g/mol. The second-order valence-electron chi connectivity index (χ2n) is 5.97. The normalized spacial score (nSPS) is 16.9. The molecule has 0 saturated carbocycles. The quantitative estimate of drug-likeness (QED) is 0.850. The molecule has 1 saturated heterocycles. The molecule has 3 rings (SSSR count). The van der Waals surface area contributed by atoms with Gasteiger partial charge in [-0.25, -0.2) is 12.8 Å². The monoisotopic (exact) mass is 403 g/mol. The Hall–Kier alpha value is -1.18. The maximum atomic E-state index is 13.8. The molecule has 0 unspecified atom stereocenters. The number of nitrogens with zero attached hydrogens (tertiary/aromatic N) is 1. The molecule has 0 bridgehead atoms. The number of hydrogen-bond donors (Lipinski definition) is 1. The van der Waals surface area contributed by atoms with Gasteiger partial charge in [0.15, 0.2) is 0 Å². The molecule has 4 nitrogen and oxygen atoms in total. The first kappa shape index (κ1) is 18.6. The van der Waals surface area contributed by atoms with Crippen LogP contribution in [0.1, 0.15) is 5.56 Å². The predicted molar refractivity (Wildman–Crippen MR) is 96.0 cm³/mol. The zero-order valence-electron chi connectivity index (χ0n) is 13.4. The Morgan fingerprint density at radius 1 is 1.00 bits per heavy atom. The van der Waals surface area contributed by atoms with E-state index in [1.54, 1.807) is 24.3 Å². The Balaban J connectivity index is 1.71. The summed E-state index contributed by atoms with van der Waals surface area (Å²) in [6.45, 7) is 2.40. The summed E-state index contributed by atoms with van der Waals surface area (Å²) in [6.07, 6.45) is 0. The Morgan fingerprint density at radius 2 is 1.60 bits per heavy atom. The molecule has 0 aromatic heterocycles. The summed E-state index contributed by atoms with van der Waals surface area (Å²) < 4.78 is 40.8. The Bertz CT molecular complexity index is 848. The second-order valence-corrected chi connectivity index (χ2v) is 8.66. The number of hydrogen-bond acceptors (Lipinski definition) is 2. The van der Waals surface area contributed by atoms with E-state index in [4.69, 9.17) is 23.2 Å². The largest absolute Gasteiger partial charge is 0.329 e. The second kappa shape index (κ2) is 7.60. The third-order valence-electron chi connectivity index (χ3n) is 4.34. The molecule has 134 valence electrons. The van der Waals surface area contributed by atoms with Crippen LogP contribution in [0.4, 0.5) is 4.39 Å². The maximum Gasteiger partial charge on any atom is 0.246 e. The van der Waals surface area contributed by atoms with Crippen molar-refractivity contribution in [2.24, 2.45) is 0 Å². The lowest BCUT2D eigenvalue weighted by atomic mass is 10.2. The number of quaternary nitrogens is 1. The fraction of sp³-hybridized carbons (Fsp3) is 0.294. The molecule has 1 fully saturated rings. The van der Waals surface area contributed by atoms with E-state index in [9.17, 15) is 12.8 Å². The van der Waals surface area contributed by atoms with E-state index >= 15 is 0 Å². The number of halogens is 3. The van der Waals surface area contributed by atoms with Gasteiger partial charge in [0, 0.05) is 5.56 Å². The highest BCUT2D eigenvalue weighted by Gasteiger charge is 2.33. The molecule has 0 spiro atoms. The van der Waals surface area contributed by atoms with Crippen molar-refractivity contribution in [2.75, 3.05) is 26.2 Å². The molecule has 1 heterocycles. The minimum absolute atomic E-state index is 0.0455. The van der Waals surface area contributed by atoms with Crippen LogP contribution in [-0.2, 0) is 16.6 Å². The number of benzene rings is 2. The molecule has 2 aromatic rings. The van der Waals surface area contributed by atoms with Crippen LogP contribution < -0.4 is 4.90 Å². The van der Waals surface area contributed by atoms with E-state index in [1.807, 2.05) is 0 Å². The van der Waals surface area contributed by atoms with Crippen LogP contribution in [0.15, 0.2) is 47.4 Å². The van der Waals surface area contributed by atoms with Crippen LogP contribution in [0, 0.1) is 5.82 Å². The zero-order chi connectivity index (χ0) is 18.0. The van der Waals surface area contributed by atoms with Crippen LogP contribution in [0.2, 0.25) is 10.0 Å². The summed E-state index contributed by atoms with van der Waals surface area (Å²) in [4.78, 5) is 1.10. The summed E-state index contributed by atoms with van der Waals surface area (Å²) in [6, 6.07) is 11.3. The molecular weight excluding hydrogens is 386 g/mol. The molecular formula is C17H18Cl2FN2O2S+. The first-order valence-corrected chi connectivity index (χ1v) is 10.1. The third kappa shape index (κ3) is 3.99. The van der Waals surface area contributed by atoms with Gasteiger partial charge in [-0.1, -0.05) is 47.5 Å². The van der Waals surface area contributed by atoms with Gasteiger partial charge in [0.25, 0.3) is 0 Å². The van der Waals surface area contributed by atoms with Gasteiger partial charge in [-0.15, -0.1) is 0 Å². The average Bonchev–Trinajstić information content (AvgIpc) is 2.57. The van der Waals surface area contributed by atoms with Crippen molar-refractivity contribution in [1.29, 1.82) is 0 Å². The van der Waals surface area contributed by atoms with Gasteiger partial charge < -0.3 is 4.90 Å². The topological polar surface area (TPSA) is 41.8 Å². The molecule has 2 aromatic carbocycles. The van der Waals surface area contributed by atoms with Gasteiger partial charge in [-0.05, 0) is 18.2 Å². The van der Waals surface area contributed by atoms with E-state index in [0.29, 0.717) is 38.3 Å². The molecule has 0 amide bonds. The standard InChI is InChI=1S/C17H17Cl2FN2O2S/c18-14-5-3-6-15(19)17(14)25(23,24)22-10-8-21(9-11-22)12-13-4-1-2-7-16(13)20/h1-7H,8-12H2/p+1. The summed E-state index contributed by atoms with van der Waals surface area (Å²) >= 11 is 12.1. The van der Waals surface area contributed by atoms with E-state index < -0.39 is 10.0 Å². The SMILES string of the molecule is O=S(=O)(c1c(Cl)cccc1Cl)N1CC[NH+](Cc2ccccc2F)CC1. The van der Waals surface area contributed by atoms with Gasteiger partial charge in [0.2, 0.25) is 10.0 Å². The van der Waals surface area contributed by atoms with E-state index in [-0.39, 0.29) is 20.8 Å². The molecule has 8 heteroatoms. The predicted octanol–water partition coefficient (Wildman–Crippen LogP) is 2.22. The minimum Gasteiger partial charge on any atom is -0.329 e. The highest BCUT2D eigenvalue weighted by molar-refractivity contribution is 7.89. The Labute approximate surface area is 156 Å². The van der Waals surface area contributed by atoms with Gasteiger partial charge in [0.05, 0.1) is 36.2 Å². The molecule has 1 aliphatic rings. The molecule has 1 N–H and O–H groups in total. The fourth-order valence-electron chi connectivity index (χ4n) is 2.99. The van der Waals surface area contributed by atoms with E-state index in [1.165, 1.54) is 22.5 Å². The van der Waals surface area contributed by atoms with Crippen LogP contribution in [-0.4, -0.2) is 38.9 Å². The Kier molecular flexibility index (Phi) is 5.65. The fourth-order valence-corrected chi connectivity index (χ4v) is 5.52. The lowest BCUT2D eigenvalue weighted by Crippen LogP contribution is -3.13. The van der Waals surface area contributed by atoms with E-state index in [2.05, 4.69) is 0 Å². The third-order valence-corrected chi connectivity index (χ3v) is 7.20. The van der Waals surface area contributed by atoms with Crippen molar-refractivity contribution >= 4 is 33.2 Å². The molecule has 0 radical (unpaired) electrons. The van der Waals surface area contributed by atoms with Crippen LogP contribution in [0.3, 0.4) is 0 Å². The highest BCUT2D eigenvalue weighted by atomic mass is 35.5. The molecule has 25 heavy (non-hydrogen) atoms. The summed E-state index contributed by atoms with van der Waals surface area (Å²) in [5.74, 6) is -0.229. The van der Waals surface area contributed by atoms with Crippen molar-refractivity contribution in [3.63, 3.8) is 0 Å². The van der Waals surface area contributed by atoms with Gasteiger partial charge in [0.1, 0.15) is 17.3 Å². The highest BCUT2D eigenvalue weighted by Crippen LogP contribution is 2.31. The number of rotatable bonds is 4. The number of nitrogens with one attached hydrogen (secondary N) is 1. The van der Waals surface area contributed by atoms with Crippen molar-refractivity contribution < 1.29 is 17.7 Å². The Morgan fingerprint density at radius 3 is 2.20 bits per heavy atom. The van der Waals surface area contributed by atoms with Crippen LogP contribution >= 0.6 is 23.2 Å². The molecule has 1 aliphatic heterocycles. The van der Waals surface area contributed by atoms with Crippen molar-refractivity contribution in [3.05, 3.63) is 63.9 Å². The lowest BCUT2D eigenvalue weighted by molar-refractivity contribution is -0.917. The first-order valence-electron chi connectivity index (χ1n) is 7.91.